The van der Waals surface area contributed by atoms with Gasteiger partial charge in [0, 0.05) is 35.4 Å². The number of nitrogens with zero attached hydrogens (tertiary/aromatic N) is 1. The molecular weight excluding hydrogens is 408 g/mol. The van der Waals surface area contributed by atoms with Crippen LogP contribution in [0.4, 0.5) is 5.00 Å². The highest BCUT2D eigenvalue weighted by Gasteiger charge is 2.30. The summed E-state index contributed by atoms with van der Waals surface area (Å²) in [5.41, 5.74) is 1.33. The molecule has 2 aromatic rings. The van der Waals surface area contributed by atoms with Crippen LogP contribution in [0.15, 0.2) is 35.2 Å². The molecule has 2 amide bonds. The van der Waals surface area contributed by atoms with Crippen molar-refractivity contribution in [2.75, 3.05) is 24.2 Å². The maximum Gasteiger partial charge on any atom is 0.341 e. The molecule has 0 atom stereocenters. The number of fused-ring (bicyclic) bond motifs is 1. The minimum Gasteiger partial charge on any atom is -0.462 e. The van der Waals surface area contributed by atoms with Crippen LogP contribution in [0.25, 0.3) is 0 Å². The zero-order valence-electron chi connectivity index (χ0n) is 16.5. The highest BCUT2D eigenvalue weighted by Crippen LogP contribution is 2.38. The van der Waals surface area contributed by atoms with Gasteiger partial charge in [-0.15, -0.1) is 23.1 Å². The van der Waals surface area contributed by atoms with Crippen molar-refractivity contribution in [1.29, 1.82) is 0 Å². The number of rotatable bonds is 7. The van der Waals surface area contributed by atoms with Crippen molar-refractivity contribution in [3.63, 3.8) is 0 Å². The normalized spacial score (nSPS) is 13.0. The molecule has 2 heterocycles. The number of amides is 2. The van der Waals surface area contributed by atoms with E-state index in [4.69, 9.17) is 4.74 Å². The summed E-state index contributed by atoms with van der Waals surface area (Å²) < 4.78 is 5.22. The Bertz CT molecular complexity index is 896. The van der Waals surface area contributed by atoms with E-state index in [0.717, 1.165) is 15.3 Å². The topological polar surface area (TPSA) is 75.7 Å². The van der Waals surface area contributed by atoms with Crippen LogP contribution >= 0.6 is 23.1 Å². The van der Waals surface area contributed by atoms with Crippen molar-refractivity contribution in [3.8, 4) is 0 Å². The van der Waals surface area contributed by atoms with E-state index >= 15 is 0 Å². The van der Waals surface area contributed by atoms with Gasteiger partial charge < -0.3 is 15.0 Å². The zero-order chi connectivity index (χ0) is 20.8. The molecule has 1 N–H and O–H groups in total. The smallest absolute Gasteiger partial charge is 0.341 e. The first-order chi connectivity index (χ1) is 14.0. The van der Waals surface area contributed by atoms with Crippen LogP contribution in [0.3, 0.4) is 0 Å². The quantitative estimate of drug-likeness (QED) is 0.530. The van der Waals surface area contributed by atoms with E-state index in [2.05, 4.69) is 5.32 Å². The Kier molecular flexibility index (Phi) is 7.33. The Labute approximate surface area is 178 Å². The number of thiophene rings is 1. The number of carbonyl (C=O) groups excluding carboxylic acids is 3. The van der Waals surface area contributed by atoms with Crippen LogP contribution in [0.2, 0.25) is 0 Å². The summed E-state index contributed by atoms with van der Waals surface area (Å²) in [5, 5.41) is 3.42. The summed E-state index contributed by atoms with van der Waals surface area (Å²) in [5.74, 6) is 0.0924. The lowest BCUT2D eigenvalue weighted by Crippen LogP contribution is -2.34. The molecule has 0 saturated heterocycles. The third-order valence-electron chi connectivity index (χ3n) is 4.58. The van der Waals surface area contributed by atoms with Gasteiger partial charge in [-0.2, -0.15) is 0 Å². The van der Waals surface area contributed by atoms with E-state index < -0.39 is 5.97 Å². The molecule has 0 bridgehead atoms. The van der Waals surface area contributed by atoms with E-state index in [1.165, 1.54) is 18.3 Å². The second-order valence-corrected chi connectivity index (χ2v) is 8.85. The third kappa shape index (κ3) is 5.39. The fourth-order valence-electron chi connectivity index (χ4n) is 3.15. The molecule has 1 aromatic heterocycles. The second-order valence-electron chi connectivity index (χ2n) is 6.58. The number of ether oxygens (including phenoxy) is 1. The summed E-state index contributed by atoms with van der Waals surface area (Å²) in [6.45, 7) is 4.59. The predicted octanol–water partition coefficient (Wildman–Crippen LogP) is 3.95. The Morgan fingerprint density at radius 3 is 2.69 bits per heavy atom. The number of esters is 1. The van der Waals surface area contributed by atoms with E-state index in [1.54, 1.807) is 23.6 Å². The maximum atomic E-state index is 12.5. The maximum absolute atomic E-state index is 12.5. The lowest BCUT2D eigenvalue weighted by molar-refractivity contribution is -0.129. The standard InChI is InChI=1S/C21H24N2O4S2/c1-3-27-21(26)19-16-9-11-23(14(2)24)13-17(16)29-20(19)22-18(25)10-12-28-15-7-5-4-6-8-15/h4-8H,3,9-13H2,1-2H3,(H,22,25). The number of thioether (sulfide) groups is 1. The predicted molar refractivity (Wildman–Crippen MR) is 115 cm³/mol. The van der Waals surface area contributed by atoms with E-state index in [-0.39, 0.29) is 18.4 Å². The first-order valence-electron chi connectivity index (χ1n) is 9.54. The summed E-state index contributed by atoms with van der Waals surface area (Å²) in [4.78, 5) is 40.5. The fraction of sp³-hybridized carbons (Fsp3) is 0.381. The molecule has 1 aliphatic rings. The first-order valence-corrected chi connectivity index (χ1v) is 11.3. The largest absolute Gasteiger partial charge is 0.462 e. The Hall–Kier alpha value is -2.32. The van der Waals surface area contributed by atoms with Gasteiger partial charge in [0.1, 0.15) is 5.00 Å². The molecule has 6 nitrogen and oxygen atoms in total. The summed E-state index contributed by atoms with van der Waals surface area (Å²) in [7, 11) is 0. The number of hydrogen-bond acceptors (Lipinski definition) is 6. The van der Waals surface area contributed by atoms with Gasteiger partial charge in [0.15, 0.2) is 0 Å². The molecule has 29 heavy (non-hydrogen) atoms. The Morgan fingerprint density at radius 2 is 2.00 bits per heavy atom. The van der Waals surface area contributed by atoms with Gasteiger partial charge in [-0.05, 0) is 31.0 Å². The summed E-state index contributed by atoms with van der Waals surface area (Å²) in [6.07, 6.45) is 0.920. The molecule has 0 fully saturated rings. The molecule has 154 valence electrons. The zero-order valence-corrected chi connectivity index (χ0v) is 18.2. The highest BCUT2D eigenvalue weighted by atomic mass is 32.2. The van der Waals surface area contributed by atoms with Crippen molar-refractivity contribution in [1.82, 2.24) is 4.90 Å². The van der Waals surface area contributed by atoms with Gasteiger partial charge in [0.05, 0.1) is 18.7 Å². The second kappa shape index (κ2) is 9.93. The fourth-order valence-corrected chi connectivity index (χ4v) is 5.29. The lowest BCUT2D eigenvalue weighted by atomic mass is 10.0. The first kappa shape index (κ1) is 21.4. The van der Waals surface area contributed by atoms with Crippen LogP contribution < -0.4 is 5.32 Å². The minimum atomic E-state index is -0.421. The van der Waals surface area contributed by atoms with Crippen LogP contribution in [0.5, 0.6) is 0 Å². The SMILES string of the molecule is CCOC(=O)c1c(NC(=O)CCSc2ccccc2)sc2c1CCN(C(C)=O)C2. The minimum absolute atomic E-state index is 0.00487. The van der Waals surface area contributed by atoms with Gasteiger partial charge in [-0.25, -0.2) is 4.79 Å². The number of anilines is 1. The number of carbonyl (C=O) groups is 3. The van der Waals surface area contributed by atoms with Gasteiger partial charge >= 0.3 is 5.97 Å². The summed E-state index contributed by atoms with van der Waals surface area (Å²) in [6, 6.07) is 9.91. The molecule has 1 aliphatic heterocycles. The number of nitrogens with one attached hydrogen (secondary N) is 1. The van der Waals surface area contributed by atoms with Crippen LogP contribution in [-0.2, 0) is 27.3 Å². The Morgan fingerprint density at radius 1 is 1.24 bits per heavy atom. The third-order valence-corrected chi connectivity index (χ3v) is 6.72. The highest BCUT2D eigenvalue weighted by molar-refractivity contribution is 7.99. The van der Waals surface area contributed by atoms with Gasteiger partial charge in [-0.1, -0.05) is 18.2 Å². The van der Waals surface area contributed by atoms with Gasteiger partial charge in [0.2, 0.25) is 11.8 Å². The van der Waals surface area contributed by atoms with Crippen LogP contribution in [0.1, 0.15) is 41.1 Å². The van der Waals surface area contributed by atoms with E-state index in [0.29, 0.717) is 42.2 Å². The molecule has 0 radical (unpaired) electrons. The van der Waals surface area contributed by atoms with Crippen molar-refractivity contribution in [3.05, 3.63) is 46.3 Å². The molecule has 0 unspecified atom stereocenters. The number of benzene rings is 1. The molecule has 0 saturated carbocycles. The van der Waals surface area contributed by atoms with Crippen molar-refractivity contribution < 1.29 is 19.1 Å². The van der Waals surface area contributed by atoms with Crippen molar-refractivity contribution in [2.24, 2.45) is 0 Å². The van der Waals surface area contributed by atoms with Crippen molar-refractivity contribution >= 4 is 45.9 Å². The molecule has 0 spiro atoms. The van der Waals surface area contributed by atoms with E-state index in [1.807, 2.05) is 30.3 Å². The molecule has 0 aliphatic carbocycles. The van der Waals surface area contributed by atoms with Crippen LogP contribution in [0, 0.1) is 0 Å². The average molecular weight is 433 g/mol. The van der Waals surface area contributed by atoms with E-state index in [9.17, 15) is 14.4 Å². The van der Waals surface area contributed by atoms with Gasteiger partial charge in [0.25, 0.3) is 0 Å². The molecule has 3 rings (SSSR count). The van der Waals surface area contributed by atoms with Crippen molar-refractivity contribution in [2.45, 2.75) is 38.1 Å². The lowest BCUT2D eigenvalue weighted by Gasteiger charge is -2.25. The molecule has 8 heteroatoms. The average Bonchev–Trinajstić information content (AvgIpc) is 3.05. The summed E-state index contributed by atoms with van der Waals surface area (Å²) >= 11 is 2.98. The monoisotopic (exact) mass is 432 g/mol. The van der Waals surface area contributed by atoms with Gasteiger partial charge in [-0.3, -0.25) is 9.59 Å². The van der Waals surface area contributed by atoms with Crippen LogP contribution in [-0.4, -0.2) is 41.6 Å². The molecule has 1 aromatic carbocycles. The number of hydrogen-bond donors (Lipinski definition) is 1. The Balaban J connectivity index is 1.71. The molecular formula is C21H24N2O4S2.